The molecule has 1 unspecified atom stereocenters. The third kappa shape index (κ3) is 4.98. The maximum Gasteiger partial charge on any atom is 0.321 e. The van der Waals surface area contributed by atoms with E-state index in [2.05, 4.69) is 10.6 Å². The molecule has 0 bridgehead atoms. The lowest BCUT2D eigenvalue weighted by molar-refractivity contribution is -0.141. The number of amides is 3. The fraction of sp³-hybridized carbons (Fsp3) is 0.438. The molecular weight excluding hydrogens is 298 g/mol. The highest BCUT2D eigenvalue weighted by atomic mass is 16.4. The van der Waals surface area contributed by atoms with Gasteiger partial charge in [0, 0.05) is 30.9 Å². The van der Waals surface area contributed by atoms with E-state index in [1.807, 2.05) is 0 Å². The van der Waals surface area contributed by atoms with Crippen LogP contribution in [0.2, 0.25) is 0 Å². The largest absolute Gasteiger partial charge is 0.481 e. The molecule has 124 valence electrons. The zero-order chi connectivity index (χ0) is 17.0. The van der Waals surface area contributed by atoms with Gasteiger partial charge >= 0.3 is 12.0 Å². The summed E-state index contributed by atoms with van der Waals surface area (Å²) in [4.78, 5) is 35.9. The van der Waals surface area contributed by atoms with Gasteiger partial charge in [-0.15, -0.1) is 0 Å². The van der Waals surface area contributed by atoms with Gasteiger partial charge in [-0.2, -0.15) is 0 Å². The van der Waals surface area contributed by atoms with Gasteiger partial charge in [-0.25, -0.2) is 4.79 Å². The second-order valence-corrected chi connectivity index (χ2v) is 5.89. The standard InChI is InChI=1S/C16H21N3O4/c1-10(15(21)22)9-19(2)16(23)18-13-5-3-4-12(8-13)17-14(20)11-6-7-11/h3-5,8,10-11H,6-7,9H2,1-2H3,(H,17,20)(H,18,23)(H,21,22). The van der Waals surface area contributed by atoms with Gasteiger partial charge in [-0.05, 0) is 31.0 Å². The predicted octanol–water partition coefficient (Wildman–Crippen LogP) is 2.22. The minimum Gasteiger partial charge on any atom is -0.481 e. The van der Waals surface area contributed by atoms with E-state index in [0.717, 1.165) is 12.8 Å². The molecule has 2 rings (SSSR count). The molecule has 0 radical (unpaired) electrons. The smallest absolute Gasteiger partial charge is 0.321 e. The van der Waals surface area contributed by atoms with Crippen molar-refractivity contribution >= 4 is 29.3 Å². The Morgan fingerprint density at radius 1 is 1.26 bits per heavy atom. The molecule has 1 aliphatic rings. The lowest BCUT2D eigenvalue weighted by atomic mass is 10.2. The summed E-state index contributed by atoms with van der Waals surface area (Å²) in [5.41, 5.74) is 1.17. The summed E-state index contributed by atoms with van der Waals surface area (Å²) in [6.07, 6.45) is 1.85. The number of nitrogens with zero attached hydrogens (tertiary/aromatic N) is 1. The minimum absolute atomic E-state index is 0.000813. The van der Waals surface area contributed by atoms with Crippen molar-refractivity contribution in [3.63, 3.8) is 0 Å². The first-order valence-electron chi connectivity index (χ1n) is 7.52. The predicted molar refractivity (Wildman–Crippen MR) is 86.2 cm³/mol. The van der Waals surface area contributed by atoms with Crippen molar-refractivity contribution in [2.45, 2.75) is 19.8 Å². The van der Waals surface area contributed by atoms with Gasteiger partial charge in [0.2, 0.25) is 5.91 Å². The molecule has 3 N–H and O–H groups in total. The SMILES string of the molecule is CC(CN(C)C(=O)Nc1cccc(NC(=O)C2CC2)c1)C(=O)O. The van der Waals surface area contributed by atoms with E-state index in [0.29, 0.717) is 11.4 Å². The number of carbonyl (C=O) groups excluding carboxylic acids is 2. The third-order valence-corrected chi connectivity index (χ3v) is 3.65. The molecule has 3 amide bonds. The highest BCUT2D eigenvalue weighted by Crippen LogP contribution is 2.30. The Balaban J connectivity index is 1.92. The Kier molecular flexibility index (Phi) is 5.20. The number of carboxylic acid groups (broad SMARTS) is 1. The molecule has 23 heavy (non-hydrogen) atoms. The molecule has 0 saturated heterocycles. The number of urea groups is 1. The van der Waals surface area contributed by atoms with Crippen LogP contribution in [0.4, 0.5) is 16.2 Å². The number of nitrogens with one attached hydrogen (secondary N) is 2. The number of benzene rings is 1. The van der Waals surface area contributed by atoms with E-state index in [1.165, 1.54) is 11.9 Å². The van der Waals surface area contributed by atoms with Gasteiger partial charge in [0.1, 0.15) is 0 Å². The van der Waals surface area contributed by atoms with Crippen LogP contribution >= 0.6 is 0 Å². The van der Waals surface area contributed by atoms with E-state index in [9.17, 15) is 14.4 Å². The maximum atomic E-state index is 12.1. The Hall–Kier alpha value is -2.57. The lowest BCUT2D eigenvalue weighted by Gasteiger charge is -2.20. The molecule has 7 heteroatoms. The van der Waals surface area contributed by atoms with E-state index >= 15 is 0 Å². The van der Waals surface area contributed by atoms with Gasteiger partial charge in [-0.1, -0.05) is 13.0 Å². The average molecular weight is 319 g/mol. The van der Waals surface area contributed by atoms with Crippen molar-refractivity contribution in [1.29, 1.82) is 0 Å². The van der Waals surface area contributed by atoms with Crippen LogP contribution in [0.5, 0.6) is 0 Å². The number of carbonyl (C=O) groups is 3. The van der Waals surface area contributed by atoms with Gasteiger partial charge in [-0.3, -0.25) is 9.59 Å². The highest BCUT2D eigenvalue weighted by molar-refractivity contribution is 5.95. The molecule has 0 heterocycles. The van der Waals surface area contributed by atoms with Crippen molar-refractivity contribution in [2.75, 3.05) is 24.2 Å². The summed E-state index contributed by atoms with van der Waals surface area (Å²) < 4.78 is 0. The Morgan fingerprint density at radius 2 is 1.87 bits per heavy atom. The van der Waals surface area contributed by atoms with Gasteiger partial charge in [0.25, 0.3) is 0 Å². The number of anilines is 2. The van der Waals surface area contributed by atoms with Crippen LogP contribution in [-0.2, 0) is 9.59 Å². The number of hydrogen-bond acceptors (Lipinski definition) is 3. The third-order valence-electron chi connectivity index (χ3n) is 3.65. The number of rotatable bonds is 6. The first-order valence-corrected chi connectivity index (χ1v) is 7.52. The first-order chi connectivity index (χ1) is 10.9. The first kappa shape index (κ1) is 16.8. The fourth-order valence-electron chi connectivity index (χ4n) is 2.06. The van der Waals surface area contributed by atoms with Gasteiger partial charge in [0.05, 0.1) is 5.92 Å². The average Bonchev–Trinajstić information content (AvgIpc) is 3.31. The second-order valence-electron chi connectivity index (χ2n) is 5.89. The monoisotopic (exact) mass is 319 g/mol. The molecule has 0 spiro atoms. The molecule has 1 aromatic rings. The molecule has 0 aromatic heterocycles. The van der Waals surface area contributed by atoms with E-state index < -0.39 is 17.9 Å². The highest BCUT2D eigenvalue weighted by Gasteiger charge is 2.29. The topological polar surface area (TPSA) is 98.7 Å². The minimum atomic E-state index is -0.950. The van der Waals surface area contributed by atoms with Gasteiger partial charge < -0.3 is 20.6 Å². The van der Waals surface area contributed by atoms with E-state index in [4.69, 9.17) is 5.11 Å². The molecule has 1 saturated carbocycles. The summed E-state index contributed by atoms with van der Waals surface area (Å²) in [5, 5.41) is 14.4. The lowest BCUT2D eigenvalue weighted by Crippen LogP contribution is -2.36. The summed E-state index contributed by atoms with van der Waals surface area (Å²) >= 11 is 0. The molecule has 0 aliphatic heterocycles. The van der Waals surface area contributed by atoms with Crippen LogP contribution in [0.3, 0.4) is 0 Å². The fourth-order valence-corrected chi connectivity index (χ4v) is 2.06. The molecule has 1 atom stereocenters. The van der Waals surface area contributed by atoms with Gasteiger partial charge in [0.15, 0.2) is 0 Å². The van der Waals surface area contributed by atoms with Crippen molar-refractivity contribution < 1.29 is 19.5 Å². The van der Waals surface area contributed by atoms with Crippen LogP contribution in [0.1, 0.15) is 19.8 Å². The number of carboxylic acids is 1. The number of aliphatic carboxylic acids is 1. The molecule has 1 aromatic carbocycles. The Morgan fingerprint density at radius 3 is 2.43 bits per heavy atom. The van der Waals surface area contributed by atoms with Crippen molar-refractivity contribution in [2.24, 2.45) is 11.8 Å². The maximum absolute atomic E-state index is 12.1. The van der Waals surface area contributed by atoms with Crippen molar-refractivity contribution in [3.05, 3.63) is 24.3 Å². The van der Waals surface area contributed by atoms with Crippen molar-refractivity contribution in [1.82, 2.24) is 4.90 Å². The second kappa shape index (κ2) is 7.13. The van der Waals surface area contributed by atoms with E-state index in [1.54, 1.807) is 31.2 Å². The quantitative estimate of drug-likeness (QED) is 0.748. The zero-order valence-electron chi connectivity index (χ0n) is 13.2. The summed E-state index contributed by atoms with van der Waals surface area (Å²) in [6.45, 7) is 1.65. The normalized spacial score (nSPS) is 14.7. The van der Waals surface area contributed by atoms with Crippen LogP contribution in [0.25, 0.3) is 0 Å². The van der Waals surface area contributed by atoms with Crippen LogP contribution < -0.4 is 10.6 Å². The Labute approximate surface area is 134 Å². The van der Waals surface area contributed by atoms with Crippen LogP contribution in [-0.4, -0.2) is 41.5 Å². The Bertz CT molecular complexity index is 613. The molecule has 7 nitrogen and oxygen atoms in total. The van der Waals surface area contributed by atoms with Crippen molar-refractivity contribution in [3.8, 4) is 0 Å². The zero-order valence-corrected chi connectivity index (χ0v) is 13.2. The molecular formula is C16H21N3O4. The summed E-state index contributed by atoms with van der Waals surface area (Å²) in [7, 11) is 1.54. The molecule has 1 fully saturated rings. The van der Waals surface area contributed by atoms with E-state index in [-0.39, 0.29) is 18.4 Å². The summed E-state index contributed by atoms with van der Waals surface area (Å²) in [6, 6.07) is 6.47. The summed E-state index contributed by atoms with van der Waals surface area (Å²) in [5.74, 6) is -1.48. The molecule has 1 aliphatic carbocycles. The number of hydrogen-bond donors (Lipinski definition) is 3. The van der Waals surface area contributed by atoms with Crippen LogP contribution in [0.15, 0.2) is 24.3 Å². The van der Waals surface area contributed by atoms with Crippen LogP contribution in [0, 0.1) is 11.8 Å².